The van der Waals surface area contributed by atoms with Gasteiger partial charge in [0.25, 0.3) is 15.9 Å². The van der Waals surface area contributed by atoms with E-state index in [0.717, 1.165) is 0 Å². The fourth-order valence-electron chi connectivity index (χ4n) is 2.51. The standard InChI is InChI=1S/C20H25ClN2O4S/c1-14(2)19(20(24)22(3)4)27-17-10-8-16(9-11-17)23(5)28(25,26)18-12-6-15(21)7-13-18/h6-14,19H,1-5H3/t19-/m1/s1. The average Bonchev–Trinajstić information content (AvgIpc) is 2.65. The maximum atomic E-state index is 12.8. The van der Waals surface area contributed by atoms with E-state index in [1.807, 2.05) is 13.8 Å². The molecule has 0 radical (unpaired) electrons. The molecule has 2 rings (SSSR count). The number of hydrogen-bond donors (Lipinski definition) is 0. The molecule has 2 aromatic rings. The number of benzene rings is 2. The Morgan fingerprint density at radius 3 is 1.96 bits per heavy atom. The van der Waals surface area contributed by atoms with E-state index in [2.05, 4.69) is 0 Å². The third-order valence-electron chi connectivity index (χ3n) is 4.23. The monoisotopic (exact) mass is 424 g/mol. The lowest BCUT2D eigenvalue weighted by Crippen LogP contribution is -2.41. The van der Waals surface area contributed by atoms with Crippen LogP contribution >= 0.6 is 11.6 Å². The molecule has 0 fully saturated rings. The Labute approximate surface area is 171 Å². The molecule has 28 heavy (non-hydrogen) atoms. The third kappa shape index (κ3) is 4.97. The molecule has 0 aliphatic heterocycles. The van der Waals surface area contributed by atoms with Crippen molar-refractivity contribution >= 4 is 33.2 Å². The van der Waals surface area contributed by atoms with Crippen molar-refractivity contribution in [2.75, 3.05) is 25.4 Å². The summed E-state index contributed by atoms with van der Waals surface area (Å²) in [5.41, 5.74) is 0.474. The summed E-state index contributed by atoms with van der Waals surface area (Å²) in [4.78, 5) is 13.9. The molecular formula is C20H25ClN2O4S. The molecule has 0 saturated carbocycles. The van der Waals surface area contributed by atoms with Gasteiger partial charge in [0.15, 0.2) is 6.10 Å². The highest BCUT2D eigenvalue weighted by molar-refractivity contribution is 7.92. The van der Waals surface area contributed by atoms with Crippen molar-refractivity contribution in [3.05, 3.63) is 53.6 Å². The molecule has 0 aromatic heterocycles. The largest absolute Gasteiger partial charge is 0.480 e. The highest BCUT2D eigenvalue weighted by Crippen LogP contribution is 2.26. The number of likely N-dealkylation sites (N-methyl/N-ethyl adjacent to an activating group) is 1. The quantitative estimate of drug-likeness (QED) is 0.680. The van der Waals surface area contributed by atoms with Crippen LogP contribution in [0.15, 0.2) is 53.4 Å². The van der Waals surface area contributed by atoms with Crippen LogP contribution in [-0.2, 0) is 14.8 Å². The molecule has 2 aromatic carbocycles. The van der Waals surface area contributed by atoms with E-state index in [1.54, 1.807) is 38.4 Å². The fraction of sp³-hybridized carbons (Fsp3) is 0.350. The molecule has 0 bridgehead atoms. The van der Waals surface area contributed by atoms with Gasteiger partial charge in [-0.1, -0.05) is 25.4 Å². The van der Waals surface area contributed by atoms with Crippen molar-refractivity contribution in [1.29, 1.82) is 0 Å². The van der Waals surface area contributed by atoms with Gasteiger partial charge in [-0.05, 0) is 54.4 Å². The molecular weight excluding hydrogens is 400 g/mol. The number of carbonyl (C=O) groups is 1. The molecule has 1 atom stereocenters. The van der Waals surface area contributed by atoms with Crippen LogP contribution in [0.1, 0.15) is 13.8 Å². The third-order valence-corrected chi connectivity index (χ3v) is 6.28. The number of anilines is 1. The van der Waals surface area contributed by atoms with Crippen LogP contribution in [-0.4, -0.2) is 46.5 Å². The van der Waals surface area contributed by atoms with Crippen LogP contribution in [0.4, 0.5) is 5.69 Å². The highest BCUT2D eigenvalue weighted by Gasteiger charge is 2.26. The Balaban J connectivity index is 2.21. The van der Waals surface area contributed by atoms with Gasteiger partial charge in [0.2, 0.25) is 0 Å². The van der Waals surface area contributed by atoms with E-state index in [9.17, 15) is 13.2 Å². The van der Waals surface area contributed by atoms with Gasteiger partial charge in [-0.3, -0.25) is 9.10 Å². The molecule has 0 heterocycles. The van der Waals surface area contributed by atoms with Crippen LogP contribution in [0.25, 0.3) is 0 Å². The first-order valence-corrected chi connectivity index (χ1v) is 10.6. The Kier molecular flexibility index (Phi) is 6.96. The van der Waals surface area contributed by atoms with Gasteiger partial charge < -0.3 is 9.64 Å². The second kappa shape index (κ2) is 8.84. The minimum Gasteiger partial charge on any atom is -0.480 e. The first kappa shape index (κ1) is 22.0. The van der Waals surface area contributed by atoms with Crippen molar-refractivity contribution in [2.24, 2.45) is 5.92 Å². The Hall–Kier alpha value is -2.25. The Bertz CT molecular complexity index is 910. The number of rotatable bonds is 7. The lowest BCUT2D eigenvalue weighted by Gasteiger charge is -2.25. The number of sulfonamides is 1. The molecule has 0 aliphatic carbocycles. The van der Waals surface area contributed by atoms with Crippen LogP contribution in [0.2, 0.25) is 5.02 Å². The summed E-state index contributed by atoms with van der Waals surface area (Å²) in [6, 6.07) is 12.6. The van der Waals surface area contributed by atoms with Crippen LogP contribution < -0.4 is 9.04 Å². The van der Waals surface area contributed by atoms with E-state index in [-0.39, 0.29) is 16.7 Å². The SMILES string of the molecule is CC(C)[C@@H](Oc1ccc(N(C)S(=O)(=O)c2ccc(Cl)cc2)cc1)C(=O)N(C)C. The van der Waals surface area contributed by atoms with E-state index in [0.29, 0.717) is 16.5 Å². The molecule has 0 spiro atoms. The number of halogens is 1. The van der Waals surface area contributed by atoms with E-state index < -0.39 is 16.1 Å². The first-order valence-electron chi connectivity index (χ1n) is 8.76. The van der Waals surface area contributed by atoms with E-state index in [1.165, 1.54) is 40.5 Å². The maximum absolute atomic E-state index is 12.8. The summed E-state index contributed by atoms with van der Waals surface area (Å²) >= 11 is 5.83. The van der Waals surface area contributed by atoms with Crippen molar-refractivity contribution in [3.63, 3.8) is 0 Å². The maximum Gasteiger partial charge on any atom is 0.264 e. The fourth-order valence-corrected chi connectivity index (χ4v) is 3.83. The molecule has 6 nitrogen and oxygen atoms in total. The van der Waals surface area contributed by atoms with Gasteiger partial charge in [-0.25, -0.2) is 8.42 Å². The van der Waals surface area contributed by atoms with Gasteiger partial charge >= 0.3 is 0 Å². The topological polar surface area (TPSA) is 66.9 Å². The predicted octanol–water partition coefficient (Wildman–Crippen LogP) is 3.66. The van der Waals surface area contributed by atoms with Crippen LogP contribution in [0, 0.1) is 5.92 Å². The minimum absolute atomic E-state index is 0.0115. The number of amides is 1. The molecule has 0 saturated heterocycles. The number of ether oxygens (including phenoxy) is 1. The molecule has 0 unspecified atom stereocenters. The highest BCUT2D eigenvalue weighted by atomic mass is 35.5. The second-order valence-electron chi connectivity index (χ2n) is 6.94. The van der Waals surface area contributed by atoms with E-state index >= 15 is 0 Å². The summed E-state index contributed by atoms with van der Waals surface area (Å²) in [5.74, 6) is 0.360. The molecule has 1 amide bonds. The Morgan fingerprint density at radius 2 is 1.50 bits per heavy atom. The molecule has 152 valence electrons. The van der Waals surface area contributed by atoms with Crippen molar-refractivity contribution in [3.8, 4) is 5.75 Å². The smallest absolute Gasteiger partial charge is 0.264 e. The minimum atomic E-state index is -3.71. The van der Waals surface area contributed by atoms with Gasteiger partial charge in [0.05, 0.1) is 10.6 Å². The van der Waals surface area contributed by atoms with E-state index in [4.69, 9.17) is 16.3 Å². The molecule has 0 aliphatic rings. The van der Waals surface area contributed by atoms with Gasteiger partial charge in [0, 0.05) is 26.2 Å². The summed E-state index contributed by atoms with van der Waals surface area (Å²) < 4.78 is 32.6. The lowest BCUT2D eigenvalue weighted by molar-refractivity contribution is -0.138. The lowest BCUT2D eigenvalue weighted by atomic mass is 10.1. The number of nitrogens with zero attached hydrogens (tertiary/aromatic N) is 2. The molecule has 0 N–H and O–H groups in total. The average molecular weight is 425 g/mol. The van der Waals surface area contributed by atoms with Crippen molar-refractivity contribution in [2.45, 2.75) is 24.8 Å². The zero-order valence-electron chi connectivity index (χ0n) is 16.6. The predicted molar refractivity (Wildman–Crippen MR) is 111 cm³/mol. The van der Waals surface area contributed by atoms with Crippen LogP contribution in [0.3, 0.4) is 0 Å². The molecule has 8 heteroatoms. The van der Waals surface area contributed by atoms with Gasteiger partial charge in [-0.2, -0.15) is 0 Å². The zero-order valence-corrected chi connectivity index (χ0v) is 18.2. The normalized spacial score (nSPS) is 12.5. The van der Waals surface area contributed by atoms with Gasteiger partial charge in [0.1, 0.15) is 5.75 Å². The summed E-state index contributed by atoms with van der Waals surface area (Å²) in [6.07, 6.45) is -0.614. The van der Waals surface area contributed by atoms with Crippen molar-refractivity contribution in [1.82, 2.24) is 4.90 Å². The van der Waals surface area contributed by atoms with Crippen molar-refractivity contribution < 1.29 is 17.9 Å². The summed E-state index contributed by atoms with van der Waals surface area (Å²) in [7, 11) is 1.13. The summed E-state index contributed by atoms with van der Waals surface area (Å²) in [6.45, 7) is 3.82. The van der Waals surface area contributed by atoms with Gasteiger partial charge in [-0.15, -0.1) is 0 Å². The van der Waals surface area contributed by atoms with Crippen LogP contribution in [0.5, 0.6) is 5.75 Å². The Morgan fingerprint density at radius 1 is 0.964 bits per heavy atom. The number of carbonyl (C=O) groups excluding carboxylic acids is 1. The summed E-state index contributed by atoms with van der Waals surface area (Å²) in [5, 5.41) is 0.468. The number of hydrogen-bond acceptors (Lipinski definition) is 4. The first-order chi connectivity index (χ1) is 13.0. The zero-order chi connectivity index (χ0) is 21.1. The second-order valence-corrected chi connectivity index (χ2v) is 9.34.